The van der Waals surface area contributed by atoms with E-state index in [1.807, 2.05) is 36.1 Å². The van der Waals surface area contributed by atoms with Crippen molar-refractivity contribution in [2.24, 2.45) is 0 Å². The Morgan fingerprint density at radius 2 is 1.88 bits per heavy atom. The Hall–Kier alpha value is -2.51. The fourth-order valence-electron chi connectivity index (χ4n) is 3.95. The second-order valence-corrected chi connectivity index (χ2v) is 9.26. The first kappa shape index (κ1) is 22.7. The Morgan fingerprint density at radius 3 is 2.59 bits per heavy atom. The zero-order valence-corrected chi connectivity index (χ0v) is 19.8. The van der Waals surface area contributed by atoms with Crippen LogP contribution in [0.2, 0.25) is 5.02 Å². The van der Waals surface area contributed by atoms with Gasteiger partial charge in [-0.15, -0.1) is 0 Å². The van der Waals surface area contributed by atoms with Crippen LogP contribution in [0, 0.1) is 6.92 Å². The molecule has 2 aromatic carbocycles. The lowest BCUT2D eigenvalue weighted by Crippen LogP contribution is -2.33. The van der Waals surface area contributed by atoms with Crippen molar-refractivity contribution < 1.29 is 9.53 Å². The third kappa shape index (κ3) is 4.64. The maximum absolute atomic E-state index is 13.5. The van der Waals surface area contributed by atoms with E-state index in [4.69, 9.17) is 21.3 Å². The third-order valence-electron chi connectivity index (χ3n) is 5.73. The highest BCUT2D eigenvalue weighted by molar-refractivity contribution is 7.99. The average Bonchev–Trinajstić information content (AvgIpc) is 3.09. The van der Waals surface area contributed by atoms with Gasteiger partial charge in [0.25, 0.3) is 5.56 Å². The van der Waals surface area contributed by atoms with E-state index in [0.717, 1.165) is 31.5 Å². The summed E-state index contributed by atoms with van der Waals surface area (Å²) in [5.41, 5.74) is 1.77. The molecule has 1 amide bonds. The number of hydrogen-bond donors (Lipinski definition) is 0. The van der Waals surface area contributed by atoms with Crippen LogP contribution in [0.15, 0.2) is 46.3 Å². The summed E-state index contributed by atoms with van der Waals surface area (Å²) < 4.78 is 7.07. The van der Waals surface area contributed by atoms with Crippen LogP contribution >= 0.6 is 23.4 Å². The number of carbonyl (C=O) groups is 1. The SMILES string of the molecule is COc1cc(Cl)c(C)cc1-n1c(SCC(=O)N2CCCCCC2)nc2ccccc2c1=O. The van der Waals surface area contributed by atoms with Crippen LogP contribution < -0.4 is 10.3 Å². The van der Waals surface area contributed by atoms with E-state index in [-0.39, 0.29) is 17.2 Å². The van der Waals surface area contributed by atoms with Gasteiger partial charge in [0.05, 0.1) is 29.5 Å². The molecule has 0 radical (unpaired) electrons. The summed E-state index contributed by atoms with van der Waals surface area (Å²) in [6.45, 7) is 3.46. The van der Waals surface area contributed by atoms with Gasteiger partial charge in [-0.05, 0) is 43.5 Å². The number of para-hydroxylation sites is 1. The van der Waals surface area contributed by atoms with Gasteiger partial charge >= 0.3 is 0 Å². The van der Waals surface area contributed by atoms with Crippen molar-refractivity contribution in [1.82, 2.24) is 14.5 Å². The molecule has 1 saturated heterocycles. The molecule has 1 aromatic heterocycles. The predicted octanol–water partition coefficient (Wildman–Crippen LogP) is 4.85. The summed E-state index contributed by atoms with van der Waals surface area (Å²) >= 11 is 7.57. The van der Waals surface area contributed by atoms with Crippen molar-refractivity contribution in [2.45, 2.75) is 37.8 Å². The minimum absolute atomic E-state index is 0.0742. The summed E-state index contributed by atoms with van der Waals surface area (Å²) in [6, 6.07) is 10.8. The molecule has 1 fully saturated rings. The number of aromatic nitrogens is 2. The van der Waals surface area contributed by atoms with E-state index < -0.39 is 0 Å². The van der Waals surface area contributed by atoms with E-state index in [0.29, 0.717) is 32.5 Å². The monoisotopic (exact) mass is 471 g/mol. The molecule has 168 valence electrons. The number of thioether (sulfide) groups is 1. The largest absolute Gasteiger partial charge is 0.495 e. The zero-order chi connectivity index (χ0) is 22.7. The molecule has 3 aromatic rings. The number of benzene rings is 2. The van der Waals surface area contributed by atoms with Crippen LogP contribution in [0.25, 0.3) is 16.6 Å². The van der Waals surface area contributed by atoms with Crippen LogP contribution in [0.1, 0.15) is 31.2 Å². The first-order valence-electron chi connectivity index (χ1n) is 10.8. The number of amides is 1. The highest BCUT2D eigenvalue weighted by Gasteiger charge is 2.21. The van der Waals surface area contributed by atoms with Crippen LogP contribution in [-0.4, -0.2) is 46.3 Å². The molecule has 0 saturated carbocycles. The number of hydrogen-bond acceptors (Lipinski definition) is 5. The Kier molecular flexibility index (Phi) is 7.06. The summed E-state index contributed by atoms with van der Waals surface area (Å²) in [4.78, 5) is 33.1. The fourth-order valence-corrected chi connectivity index (χ4v) is 5.01. The molecule has 4 rings (SSSR count). The fraction of sp³-hybridized carbons (Fsp3) is 0.375. The number of fused-ring (bicyclic) bond motifs is 1. The average molecular weight is 472 g/mol. The van der Waals surface area contributed by atoms with Crippen LogP contribution in [0.3, 0.4) is 0 Å². The van der Waals surface area contributed by atoms with Crippen molar-refractivity contribution in [1.29, 1.82) is 0 Å². The quantitative estimate of drug-likeness (QED) is 0.393. The number of likely N-dealkylation sites (tertiary alicyclic amines) is 1. The molecule has 1 aliphatic rings. The summed E-state index contributed by atoms with van der Waals surface area (Å²) in [5.74, 6) is 0.769. The molecule has 0 N–H and O–H groups in total. The Labute approximate surface area is 196 Å². The first-order chi connectivity index (χ1) is 15.5. The highest BCUT2D eigenvalue weighted by atomic mass is 35.5. The number of nitrogens with zero attached hydrogens (tertiary/aromatic N) is 3. The first-order valence-corrected chi connectivity index (χ1v) is 12.1. The van der Waals surface area contributed by atoms with E-state index in [1.165, 1.54) is 29.2 Å². The van der Waals surface area contributed by atoms with Gasteiger partial charge in [0, 0.05) is 24.2 Å². The summed E-state index contributed by atoms with van der Waals surface area (Å²) in [7, 11) is 1.54. The number of halogens is 1. The second kappa shape index (κ2) is 9.96. The van der Waals surface area contributed by atoms with Gasteiger partial charge in [0.2, 0.25) is 5.91 Å². The molecule has 1 aliphatic heterocycles. The maximum Gasteiger partial charge on any atom is 0.266 e. The number of carbonyl (C=O) groups excluding carboxylic acids is 1. The highest BCUT2D eigenvalue weighted by Crippen LogP contribution is 2.32. The molecule has 0 spiro atoms. The minimum Gasteiger partial charge on any atom is -0.495 e. The van der Waals surface area contributed by atoms with Crippen LogP contribution in [0.4, 0.5) is 0 Å². The van der Waals surface area contributed by atoms with Crippen molar-refractivity contribution in [3.63, 3.8) is 0 Å². The Balaban J connectivity index is 1.77. The molecule has 0 unspecified atom stereocenters. The standard InChI is InChI=1S/C24H26ClN3O3S/c1-16-13-20(21(31-2)14-18(16)25)28-23(30)17-9-5-6-10-19(17)26-24(28)32-15-22(29)27-11-7-3-4-8-12-27/h5-6,9-10,13-14H,3-4,7-8,11-12,15H2,1-2H3. The molecule has 6 nitrogen and oxygen atoms in total. The lowest BCUT2D eigenvalue weighted by molar-refractivity contribution is -0.128. The van der Waals surface area contributed by atoms with Crippen molar-refractivity contribution >= 4 is 40.2 Å². The number of ether oxygens (including phenoxy) is 1. The van der Waals surface area contributed by atoms with E-state index in [1.54, 1.807) is 19.2 Å². The minimum atomic E-state index is -0.208. The van der Waals surface area contributed by atoms with E-state index in [2.05, 4.69) is 0 Å². The Morgan fingerprint density at radius 1 is 1.16 bits per heavy atom. The van der Waals surface area contributed by atoms with Gasteiger partial charge in [-0.2, -0.15) is 0 Å². The molecular weight excluding hydrogens is 446 g/mol. The lowest BCUT2D eigenvalue weighted by Gasteiger charge is -2.21. The van der Waals surface area contributed by atoms with Crippen molar-refractivity contribution in [3.05, 3.63) is 57.3 Å². The van der Waals surface area contributed by atoms with Crippen LogP contribution in [0.5, 0.6) is 5.75 Å². The molecule has 0 bridgehead atoms. The third-order valence-corrected chi connectivity index (χ3v) is 7.06. The smallest absolute Gasteiger partial charge is 0.266 e. The van der Waals surface area contributed by atoms with Gasteiger partial charge < -0.3 is 9.64 Å². The van der Waals surface area contributed by atoms with Gasteiger partial charge in [-0.3, -0.25) is 14.2 Å². The zero-order valence-electron chi connectivity index (χ0n) is 18.3. The molecule has 0 aliphatic carbocycles. The second-order valence-electron chi connectivity index (χ2n) is 7.91. The van der Waals surface area contributed by atoms with Gasteiger partial charge in [0.15, 0.2) is 5.16 Å². The number of rotatable bonds is 5. The van der Waals surface area contributed by atoms with Gasteiger partial charge in [-0.1, -0.05) is 48.3 Å². The van der Waals surface area contributed by atoms with E-state index in [9.17, 15) is 9.59 Å². The molecular formula is C24H26ClN3O3S. The summed E-state index contributed by atoms with van der Waals surface area (Å²) in [5, 5.41) is 1.51. The topological polar surface area (TPSA) is 64.4 Å². The van der Waals surface area contributed by atoms with Crippen LogP contribution in [-0.2, 0) is 4.79 Å². The predicted molar refractivity (Wildman–Crippen MR) is 129 cm³/mol. The maximum atomic E-state index is 13.5. The molecule has 0 atom stereocenters. The number of methoxy groups -OCH3 is 1. The molecule has 32 heavy (non-hydrogen) atoms. The molecule has 2 heterocycles. The van der Waals surface area contributed by atoms with Gasteiger partial charge in [-0.25, -0.2) is 4.98 Å². The van der Waals surface area contributed by atoms with Gasteiger partial charge in [0.1, 0.15) is 5.75 Å². The normalized spacial score (nSPS) is 14.4. The Bertz CT molecular complexity index is 1200. The van der Waals surface area contributed by atoms with E-state index >= 15 is 0 Å². The number of aryl methyl sites for hydroxylation is 1. The summed E-state index contributed by atoms with van der Waals surface area (Å²) in [6.07, 6.45) is 4.41. The lowest BCUT2D eigenvalue weighted by atomic mass is 10.2. The molecule has 8 heteroatoms. The van der Waals surface area contributed by atoms with Crippen molar-refractivity contribution in [2.75, 3.05) is 26.0 Å². The van der Waals surface area contributed by atoms with Crippen molar-refractivity contribution in [3.8, 4) is 11.4 Å².